The maximum absolute atomic E-state index is 11.4. The molecule has 0 heterocycles. The van der Waals surface area contributed by atoms with Gasteiger partial charge in [-0.15, -0.1) is 0 Å². The van der Waals surface area contributed by atoms with Crippen molar-refractivity contribution < 1.29 is 14.6 Å². The van der Waals surface area contributed by atoms with Gasteiger partial charge in [0.2, 0.25) is 0 Å². The summed E-state index contributed by atoms with van der Waals surface area (Å²) >= 11 is 0. The molecule has 1 aliphatic carbocycles. The third-order valence-corrected chi connectivity index (χ3v) is 3.58. The van der Waals surface area contributed by atoms with Crippen LogP contribution in [0.3, 0.4) is 0 Å². The average molecular weight is 228 g/mol. The van der Waals surface area contributed by atoms with E-state index in [-0.39, 0.29) is 6.10 Å². The average Bonchev–Trinajstić information content (AvgIpc) is 2.16. The first-order valence-electron chi connectivity index (χ1n) is 6.31. The van der Waals surface area contributed by atoms with Crippen LogP contribution in [0.1, 0.15) is 52.9 Å². The second-order valence-electron chi connectivity index (χ2n) is 5.46. The first-order valence-corrected chi connectivity index (χ1v) is 6.31. The summed E-state index contributed by atoms with van der Waals surface area (Å²) in [5, 5.41) is 9.42. The van der Waals surface area contributed by atoms with Gasteiger partial charge >= 0.3 is 5.97 Å². The van der Waals surface area contributed by atoms with E-state index < -0.39 is 11.4 Å². The molecule has 2 atom stereocenters. The fraction of sp³-hybridized carbons (Fsp3) is 0.923. The van der Waals surface area contributed by atoms with Gasteiger partial charge in [0, 0.05) is 6.61 Å². The number of hydrogen-bond donors (Lipinski definition) is 1. The molecule has 2 unspecified atom stereocenters. The van der Waals surface area contributed by atoms with Gasteiger partial charge in [-0.2, -0.15) is 0 Å². The molecule has 0 radical (unpaired) electrons. The number of carbonyl (C=O) groups is 1. The maximum atomic E-state index is 11.4. The van der Waals surface area contributed by atoms with Gasteiger partial charge in [-0.25, -0.2) is 0 Å². The summed E-state index contributed by atoms with van der Waals surface area (Å²) < 4.78 is 5.49. The normalized spacial score (nSPS) is 30.6. The molecule has 0 saturated heterocycles. The van der Waals surface area contributed by atoms with E-state index in [2.05, 4.69) is 6.92 Å². The summed E-state index contributed by atoms with van der Waals surface area (Å²) in [6.45, 7) is 6.69. The Morgan fingerprint density at radius 1 is 1.56 bits per heavy atom. The molecule has 3 nitrogen and oxygen atoms in total. The smallest absolute Gasteiger partial charge is 0.309 e. The molecule has 0 bridgehead atoms. The lowest BCUT2D eigenvalue weighted by Crippen LogP contribution is -2.37. The highest BCUT2D eigenvalue weighted by molar-refractivity contribution is 5.74. The molecule has 1 N–H and O–H groups in total. The maximum Gasteiger partial charge on any atom is 0.309 e. The largest absolute Gasteiger partial charge is 0.481 e. The molecule has 3 heteroatoms. The van der Waals surface area contributed by atoms with E-state index in [1.807, 2.05) is 13.8 Å². The Balaban J connectivity index is 2.55. The van der Waals surface area contributed by atoms with Crippen molar-refractivity contribution in [1.29, 1.82) is 0 Å². The lowest BCUT2D eigenvalue weighted by atomic mass is 9.68. The monoisotopic (exact) mass is 228 g/mol. The molecule has 0 aliphatic heterocycles. The van der Waals surface area contributed by atoms with Crippen LogP contribution in [0.15, 0.2) is 0 Å². The van der Waals surface area contributed by atoms with E-state index in [4.69, 9.17) is 4.74 Å². The Morgan fingerprint density at radius 2 is 2.25 bits per heavy atom. The molecule has 0 aromatic heterocycles. The van der Waals surface area contributed by atoms with E-state index in [1.54, 1.807) is 0 Å². The second kappa shape index (κ2) is 5.67. The summed E-state index contributed by atoms with van der Waals surface area (Å²) in [5.74, 6) is -0.102. The lowest BCUT2D eigenvalue weighted by Gasteiger charge is -2.36. The van der Waals surface area contributed by atoms with Crippen LogP contribution < -0.4 is 0 Å². The van der Waals surface area contributed by atoms with E-state index in [9.17, 15) is 9.90 Å². The number of ether oxygens (including phenoxy) is 1. The number of rotatable bonds is 5. The van der Waals surface area contributed by atoms with Crippen molar-refractivity contribution in [1.82, 2.24) is 0 Å². The zero-order valence-electron chi connectivity index (χ0n) is 10.7. The van der Waals surface area contributed by atoms with E-state index >= 15 is 0 Å². The first-order chi connectivity index (χ1) is 7.46. The van der Waals surface area contributed by atoms with Gasteiger partial charge < -0.3 is 9.84 Å². The summed E-state index contributed by atoms with van der Waals surface area (Å²) in [4.78, 5) is 11.4. The third kappa shape index (κ3) is 3.48. The molecule has 1 rings (SSSR count). The Hall–Kier alpha value is -0.570. The quantitative estimate of drug-likeness (QED) is 0.786. The highest BCUT2D eigenvalue weighted by Gasteiger charge is 2.41. The first kappa shape index (κ1) is 13.5. The van der Waals surface area contributed by atoms with Crippen molar-refractivity contribution in [3.63, 3.8) is 0 Å². The Morgan fingerprint density at radius 3 is 2.75 bits per heavy atom. The van der Waals surface area contributed by atoms with Crippen molar-refractivity contribution >= 4 is 5.97 Å². The van der Waals surface area contributed by atoms with Crippen molar-refractivity contribution in [3.05, 3.63) is 0 Å². The number of carboxylic acids is 1. The minimum atomic E-state index is -0.633. The number of hydrogen-bond acceptors (Lipinski definition) is 2. The Labute approximate surface area is 98.2 Å². The third-order valence-electron chi connectivity index (χ3n) is 3.58. The van der Waals surface area contributed by atoms with Gasteiger partial charge in [0.1, 0.15) is 0 Å². The van der Waals surface area contributed by atoms with Crippen LogP contribution in [0.4, 0.5) is 0 Å². The van der Waals surface area contributed by atoms with E-state index in [0.29, 0.717) is 18.9 Å². The lowest BCUT2D eigenvalue weighted by molar-refractivity contribution is -0.154. The summed E-state index contributed by atoms with van der Waals surface area (Å²) in [7, 11) is 0. The molecule has 0 aromatic rings. The van der Waals surface area contributed by atoms with Gasteiger partial charge in [0.05, 0.1) is 11.5 Å². The predicted molar refractivity (Wildman–Crippen MR) is 63.4 cm³/mol. The van der Waals surface area contributed by atoms with Gasteiger partial charge in [-0.1, -0.05) is 19.8 Å². The Kier molecular flexibility index (Phi) is 4.78. The van der Waals surface area contributed by atoms with Crippen LogP contribution in [-0.2, 0) is 9.53 Å². The molecule has 0 aromatic carbocycles. The van der Waals surface area contributed by atoms with Crippen LogP contribution in [0.25, 0.3) is 0 Å². The summed E-state index contributed by atoms with van der Waals surface area (Å²) in [6, 6.07) is 0. The second-order valence-corrected chi connectivity index (χ2v) is 5.46. The Bertz CT molecular complexity index is 237. The van der Waals surface area contributed by atoms with Crippen LogP contribution >= 0.6 is 0 Å². The van der Waals surface area contributed by atoms with Crippen molar-refractivity contribution in [2.75, 3.05) is 6.61 Å². The van der Waals surface area contributed by atoms with E-state index in [1.165, 1.54) is 6.42 Å². The fourth-order valence-corrected chi connectivity index (χ4v) is 2.68. The van der Waals surface area contributed by atoms with Crippen molar-refractivity contribution in [3.8, 4) is 0 Å². The number of carboxylic acid groups (broad SMARTS) is 1. The van der Waals surface area contributed by atoms with Crippen LogP contribution in [0.5, 0.6) is 0 Å². The van der Waals surface area contributed by atoms with Crippen LogP contribution in [0, 0.1) is 11.3 Å². The van der Waals surface area contributed by atoms with Crippen LogP contribution in [-0.4, -0.2) is 23.8 Å². The fourth-order valence-electron chi connectivity index (χ4n) is 2.68. The molecular weight excluding hydrogens is 204 g/mol. The van der Waals surface area contributed by atoms with Crippen LogP contribution in [0.2, 0.25) is 0 Å². The SMILES string of the molecule is CC1CCCC(CCOC(C)C)(C(=O)O)C1. The predicted octanol–water partition coefficient (Wildman–Crippen LogP) is 3.08. The van der Waals surface area contributed by atoms with Gasteiger partial charge in [-0.05, 0) is 39.0 Å². The van der Waals surface area contributed by atoms with Crippen molar-refractivity contribution in [2.24, 2.45) is 11.3 Å². The minimum absolute atomic E-state index is 0.187. The standard InChI is InChI=1S/C13H24O3/c1-10(2)16-8-7-13(12(14)15)6-4-5-11(3)9-13/h10-11H,4-9H2,1-3H3,(H,14,15). The molecule has 16 heavy (non-hydrogen) atoms. The van der Waals surface area contributed by atoms with Gasteiger partial charge in [0.25, 0.3) is 0 Å². The molecule has 0 spiro atoms. The zero-order valence-corrected chi connectivity index (χ0v) is 10.7. The van der Waals surface area contributed by atoms with E-state index in [0.717, 1.165) is 19.3 Å². The summed E-state index contributed by atoms with van der Waals surface area (Å²) in [6.07, 6.45) is 4.67. The van der Waals surface area contributed by atoms with Gasteiger partial charge in [-0.3, -0.25) is 4.79 Å². The zero-order chi connectivity index (χ0) is 12.2. The molecule has 1 aliphatic rings. The highest BCUT2D eigenvalue weighted by atomic mass is 16.5. The highest BCUT2D eigenvalue weighted by Crippen LogP contribution is 2.42. The molecule has 0 amide bonds. The molecule has 1 fully saturated rings. The molecule has 94 valence electrons. The van der Waals surface area contributed by atoms with Crippen molar-refractivity contribution in [2.45, 2.75) is 59.0 Å². The molecule has 1 saturated carbocycles. The minimum Gasteiger partial charge on any atom is -0.481 e. The topological polar surface area (TPSA) is 46.5 Å². The summed E-state index contributed by atoms with van der Waals surface area (Å²) in [5.41, 5.74) is -0.521. The number of aliphatic carboxylic acids is 1. The molecular formula is C13H24O3. The van der Waals surface area contributed by atoms with Gasteiger partial charge in [0.15, 0.2) is 0 Å².